The van der Waals surface area contributed by atoms with E-state index in [9.17, 15) is 0 Å². The number of hydrogen-bond donors (Lipinski definition) is 0. The highest BCUT2D eigenvalue weighted by Crippen LogP contribution is 2.32. The van der Waals surface area contributed by atoms with Crippen LogP contribution in [-0.2, 0) is 0 Å². The van der Waals surface area contributed by atoms with Crippen molar-refractivity contribution >= 4 is 45.8 Å². The average molecular weight is 1310 g/mol. The molecule has 0 spiro atoms. The minimum absolute atomic E-state index is 0.833. The molecule has 0 saturated carbocycles. The van der Waals surface area contributed by atoms with Crippen LogP contribution in [0.3, 0.4) is 0 Å². The second-order valence-corrected chi connectivity index (χ2v) is 24.6. The number of benzene rings is 4. The average Bonchev–Trinajstić information content (AvgIpc) is 0.944. The Labute approximate surface area is 588 Å². The molecule has 0 unspecified atom stereocenters. The molecule has 0 aliphatic heterocycles. The van der Waals surface area contributed by atoms with Crippen molar-refractivity contribution in [1.82, 2.24) is 49.8 Å². The molecule has 14 rings (SSSR count). The molecule has 14 aromatic rings. The number of aromatic nitrogens is 10. The summed E-state index contributed by atoms with van der Waals surface area (Å²) in [5.74, 6) is 1.76. The van der Waals surface area contributed by atoms with Gasteiger partial charge in [0, 0.05) is 74.7 Å². The van der Waals surface area contributed by atoms with Crippen LogP contribution in [0, 0.1) is 55.4 Å². The molecule has 0 amide bonds. The van der Waals surface area contributed by atoms with Gasteiger partial charge in [0.2, 0.25) is 0 Å². The second-order valence-electron chi connectivity index (χ2n) is 24.6. The molecule has 0 aliphatic rings. The molecule has 0 bridgehead atoms. The van der Waals surface area contributed by atoms with Crippen molar-refractivity contribution < 1.29 is 0 Å². The van der Waals surface area contributed by atoms with E-state index in [1.807, 2.05) is 250 Å². The fourth-order valence-electron chi connectivity index (χ4n) is 11.2. The number of nitrogens with zero attached hydrogens (tertiary/aromatic N) is 14. The standard InChI is InChI=1S/C25H24N4.C23H20N4.C20H21N3.C18H17N3/c1-17-14-15-24(18(2)16-17)29(4)25-13-7-12-23(28-25)22-11-6-10-21(27-22)20-9-5-8-19(3)26-20;1-17-9-6-12-19(24-17)20-13-7-14-21(25-20)22-15-8-16-23(26-22)27(2)18-10-4-3-5-11-18;1-14-6-10-20(16(3)11-14)23(4)17-7-9-19(22-13-17)18-8-5-15(2)12-21-18;1-14-8-10-17(19-12-14)18-11-9-16(13-20-18)21(2)15-6-4-3-5-7-15/h5-16H,1-4H3;3-16H,1-2H3;5-13H,1-4H3;3-13H,1-2H3. The topological polar surface area (TPSA) is 142 Å². The first-order valence-corrected chi connectivity index (χ1v) is 33.2. The molecule has 0 saturated heterocycles. The van der Waals surface area contributed by atoms with Gasteiger partial charge >= 0.3 is 0 Å². The van der Waals surface area contributed by atoms with E-state index < -0.39 is 0 Å². The zero-order valence-corrected chi connectivity index (χ0v) is 58.8. The predicted molar refractivity (Wildman–Crippen MR) is 412 cm³/mol. The fourth-order valence-corrected chi connectivity index (χ4v) is 11.2. The smallest absolute Gasteiger partial charge is 0.133 e. The van der Waals surface area contributed by atoms with Crippen LogP contribution in [-0.4, -0.2) is 78.0 Å². The van der Waals surface area contributed by atoms with Crippen molar-refractivity contribution in [2.24, 2.45) is 0 Å². The van der Waals surface area contributed by atoms with Crippen LogP contribution < -0.4 is 19.6 Å². The highest BCUT2D eigenvalue weighted by atomic mass is 15.2. The summed E-state index contributed by atoms with van der Waals surface area (Å²) in [6.45, 7) is 16.5. The van der Waals surface area contributed by atoms with Crippen molar-refractivity contribution in [3.8, 4) is 68.3 Å². The number of rotatable bonds is 14. The van der Waals surface area contributed by atoms with Crippen LogP contribution in [0.1, 0.15) is 44.8 Å². The van der Waals surface area contributed by atoms with Gasteiger partial charge in [-0.15, -0.1) is 0 Å². The first kappa shape index (κ1) is 68.9. The Balaban J connectivity index is 0.000000135. The monoisotopic (exact) mass is 1310 g/mol. The van der Waals surface area contributed by atoms with Crippen molar-refractivity contribution in [1.29, 1.82) is 0 Å². The van der Waals surface area contributed by atoms with Gasteiger partial charge in [-0.3, -0.25) is 29.9 Å². The maximum atomic E-state index is 4.88. The summed E-state index contributed by atoms with van der Waals surface area (Å²) in [7, 11) is 8.17. The molecule has 14 heteroatoms. The quantitative estimate of drug-likeness (QED) is 0.102. The van der Waals surface area contributed by atoms with Gasteiger partial charge in [-0.05, 0) is 223 Å². The summed E-state index contributed by atoms with van der Waals surface area (Å²) in [5, 5.41) is 0. The van der Waals surface area contributed by atoms with E-state index in [-0.39, 0.29) is 0 Å². The Morgan fingerprint density at radius 3 is 0.900 bits per heavy atom. The van der Waals surface area contributed by atoms with Gasteiger partial charge in [0.25, 0.3) is 0 Å². The van der Waals surface area contributed by atoms with E-state index in [1.165, 1.54) is 27.9 Å². The molecule has 100 heavy (non-hydrogen) atoms. The molecule has 0 fully saturated rings. The first-order valence-electron chi connectivity index (χ1n) is 33.2. The summed E-state index contributed by atoms with van der Waals surface area (Å²) in [6.07, 6.45) is 7.51. The molecule has 10 aromatic heterocycles. The van der Waals surface area contributed by atoms with E-state index in [4.69, 9.17) is 19.9 Å². The van der Waals surface area contributed by atoms with Crippen molar-refractivity contribution in [2.45, 2.75) is 55.4 Å². The fraction of sp³-hybridized carbons (Fsp3) is 0.140. The molecule has 0 aliphatic carbocycles. The maximum Gasteiger partial charge on any atom is 0.133 e. The second kappa shape index (κ2) is 32.5. The summed E-state index contributed by atoms with van der Waals surface area (Å²) < 4.78 is 0. The largest absolute Gasteiger partial charge is 0.343 e. The summed E-state index contributed by atoms with van der Waals surface area (Å²) in [6, 6.07) is 85.6. The summed E-state index contributed by atoms with van der Waals surface area (Å²) in [4.78, 5) is 54.8. The maximum absolute atomic E-state index is 4.88. The molecule has 0 atom stereocenters. The van der Waals surface area contributed by atoms with Gasteiger partial charge in [-0.1, -0.05) is 120 Å². The zero-order chi connectivity index (χ0) is 70.1. The highest BCUT2D eigenvalue weighted by Gasteiger charge is 2.15. The van der Waals surface area contributed by atoms with E-state index in [1.54, 1.807) is 0 Å². The van der Waals surface area contributed by atoms with Crippen LogP contribution in [0.5, 0.6) is 0 Å². The third-order valence-electron chi connectivity index (χ3n) is 16.8. The highest BCUT2D eigenvalue weighted by molar-refractivity contribution is 5.71. The van der Waals surface area contributed by atoms with Crippen molar-refractivity contribution in [2.75, 3.05) is 47.8 Å². The van der Waals surface area contributed by atoms with Crippen molar-refractivity contribution in [3.63, 3.8) is 0 Å². The Kier molecular flexibility index (Phi) is 22.4. The van der Waals surface area contributed by atoms with Crippen LogP contribution in [0.4, 0.5) is 45.8 Å². The Hall–Kier alpha value is -12.4. The van der Waals surface area contributed by atoms with Crippen molar-refractivity contribution in [3.05, 3.63) is 324 Å². The zero-order valence-electron chi connectivity index (χ0n) is 58.8. The molecular weight excluding hydrogens is 1230 g/mol. The minimum Gasteiger partial charge on any atom is -0.343 e. The number of hydrogen-bond acceptors (Lipinski definition) is 14. The Morgan fingerprint density at radius 2 is 0.530 bits per heavy atom. The molecule has 14 nitrogen and oxygen atoms in total. The molecule has 10 heterocycles. The molecule has 0 radical (unpaired) electrons. The Morgan fingerprint density at radius 1 is 0.210 bits per heavy atom. The summed E-state index contributed by atoms with van der Waals surface area (Å²) >= 11 is 0. The minimum atomic E-state index is 0.833. The molecule has 0 N–H and O–H groups in total. The van der Waals surface area contributed by atoms with Gasteiger partial charge in [0.15, 0.2) is 0 Å². The third kappa shape index (κ3) is 17.8. The van der Waals surface area contributed by atoms with Gasteiger partial charge < -0.3 is 19.6 Å². The number of anilines is 8. The van der Waals surface area contributed by atoms with E-state index in [2.05, 4.69) is 163 Å². The first-order chi connectivity index (χ1) is 48.5. The van der Waals surface area contributed by atoms with E-state index in [0.29, 0.717) is 0 Å². The molecule has 4 aromatic carbocycles. The van der Waals surface area contributed by atoms with Gasteiger partial charge in [0.05, 0.1) is 92.1 Å². The molecule has 496 valence electrons. The molecular formula is C86H82N14. The van der Waals surface area contributed by atoms with E-state index in [0.717, 1.165) is 131 Å². The van der Waals surface area contributed by atoms with Gasteiger partial charge in [-0.2, -0.15) is 0 Å². The normalized spacial score (nSPS) is 10.6. The van der Waals surface area contributed by atoms with Gasteiger partial charge in [0.1, 0.15) is 11.6 Å². The number of aryl methyl sites for hydroxylation is 8. The van der Waals surface area contributed by atoms with Crippen LogP contribution in [0.15, 0.2) is 280 Å². The van der Waals surface area contributed by atoms with Crippen LogP contribution in [0.25, 0.3) is 68.3 Å². The lowest BCUT2D eigenvalue weighted by Gasteiger charge is -2.21. The number of para-hydroxylation sites is 2. The van der Waals surface area contributed by atoms with Crippen LogP contribution in [0.2, 0.25) is 0 Å². The lowest BCUT2D eigenvalue weighted by Crippen LogP contribution is -2.12. The van der Waals surface area contributed by atoms with Crippen LogP contribution >= 0.6 is 0 Å². The third-order valence-corrected chi connectivity index (χ3v) is 16.8. The number of pyridine rings is 10. The predicted octanol–water partition coefficient (Wildman–Crippen LogP) is 20.2. The van der Waals surface area contributed by atoms with E-state index >= 15 is 0 Å². The SMILES string of the molecule is Cc1ccc(-c2ccc(N(C)c3ccc(C)cc3C)cn2)nc1.Cc1ccc(-c2ccc(N(C)c3ccccc3)cn2)nc1.Cc1ccc(N(C)c2cccc(-c3cccc(-c4cccc(C)n4)n3)n2)c(C)c1.Cc1cccc(-c2cccc(-c3cccc(N(C)c4ccccc4)n3)n2)n1. The van der Waals surface area contributed by atoms with Gasteiger partial charge in [-0.25, -0.2) is 19.9 Å². The summed E-state index contributed by atoms with van der Waals surface area (Å²) in [5.41, 5.74) is 26.3. The Bertz CT molecular complexity index is 4990. The lowest BCUT2D eigenvalue weighted by molar-refractivity contribution is 1.11. The lowest BCUT2D eigenvalue weighted by atomic mass is 10.1.